The number of hydrogen-bond donors (Lipinski definition) is 3. The fourth-order valence-corrected chi connectivity index (χ4v) is 3.53. The molecule has 19 heavy (non-hydrogen) atoms. The third-order valence-electron chi connectivity index (χ3n) is 4.98. The highest BCUT2D eigenvalue weighted by Crippen LogP contribution is 2.35. The topological polar surface area (TPSA) is 75.4 Å². The van der Waals surface area contributed by atoms with Gasteiger partial charge in [-0.15, -0.1) is 0 Å². The summed E-state index contributed by atoms with van der Waals surface area (Å²) in [4.78, 5) is 12.6. The minimum atomic E-state index is -0.381. The van der Waals surface area contributed by atoms with Crippen LogP contribution >= 0.6 is 0 Å². The fraction of sp³-hybridized carbons (Fsp3) is 0.933. The Morgan fingerprint density at radius 1 is 1.11 bits per heavy atom. The van der Waals surface area contributed by atoms with Crippen molar-refractivity contribution < 1.29 is 9.90 Å². The molecule has 2 fully saturated rings. The molecule has 2 aliphatic carbocycles. The van der Waals surface area contributed by atoms with Crippen molar-refractivity contribution in [1.29, 1.82) is 0 Å². The lowest BCUT2D eigenvalue weighted by molar-refractivity contribution is -0.133. The Morgan fingerprint density at radius 3 is 2.32 bits per heavy atom. The molecule has 0 aromatic heterocycles. The highest BCUT2D eigenvalue weighted by atomic mass is 16.3. The molecule has 0 saturated heterocycles. The second kappa shape index (κ2) is 6.71. The van der Waals surface area contributed by atoms with Crippen molar-refractivity contribution in [1.82, 2.24) is 5.32 Å². The van der Waals surface area contributed by atoms with Gasteiger partial charge in [-0.3, -0.25) is 4.79 Å². The van der Waals surface area contributed by atoms with Gasteiger partial charge in [0.25, 0.3) is 0 Å². The van der Waals surface area contributed by atoms with Crippen LogP contribution in [0.1, 0.15) is 64.2 Å². The van der Waals surface area contributed by atoms with Crippen LogP contribution in [0.5, 0.6) is 0 Å². The average molecular weight is 268 g/mol. The van der Waals surface area contributed by atoms with Crippen molar-refractivity contribution >= 4 is 5.91 Å². The molecule has 4 N–H and O–H groups in total. The summed E-state index contributed by atoms with van der Waals surface area (Å²) in [5.74, 6) is 0.0860. The predicted molar refractivity (Wildman–Crippen MR) is 75.6 cm³/mol. The molecular formula is C15H28N2O2. The normalized spacial score (nSPS) is 31.5. The molecule has 4 heteroatoms. The van der Waals surface area contributed by atoms with Crippen LogP contribution in [-0.4, -0.2) is 29.7 Å². The van der Waals surface area contributed by atoms with Crippen molar-refractivity contribution in [2.24, 2.45) is 11.1 Å². The number of carbonyl (C=O) groups is 1. The van der Waals surface area contributed by atoms with Gasteiger partial charge in [0.1, 0.15) is 0 Å². The van der Waals surface area contributed by atoms with E-state index in [4.69, 9.17) is 5.73 Å². The Bertz CT molecular complexity index is 299. The lowest BCUT2D eigenvalue weighted by Gasteiger charge is -2.35. The van der Waals surface area contributed by atoms with E-state index in [1.807, 2.05) is 0 Å². The first-order chi connectivity index (χ1) is 9.18. The van der Waals surface area contributed by atoms with Gasteiger partial charge < -0.3 is 16.2 Å². The summed E-state index contributed by atoms with van der Waals surface area (Å²) >= 11 is 0. The number of nitrogens with one attached hydrogen (secondary N) is 1. The third kappa shape index (κ3) is 3.48. The maximum atomic E-state index is 12.6. The first-order valence-corrected chi connectivity index (χ1v) is 7.87. The van der Waals surface area contributed by atoms with E-state index in [-0.39, 0.29) is 23.5 Å². The lowest BCUT2D eigenvalue weighted by atomic mass is 9.78. The van der Waals surface area contributed by atoms with E-state index in [1.54, 1.807) is 0 Å². The van der Waals surface area contributed by atoms with E-state index >= 15 is 0 Å². The van der Waals surface area contributed by atoms with E-state index in [0.717, 1.165) is 51.4 Å². The summed E-state index contributed by atoms with van der Waals surface area (Å²) < 4.78 is 0. The molecule has 0 aliphatic heterocycles. The van der Waals surface area contributed by atoms with Crippen LogP contribution < -0.4 is 11.1 Å². The standard InChI is InChI=1S/C15H28N2O2/c16-11-15(9-5-1-2-6-10-15)14(19)17-12-7-3-4-8-13(12)18/h12-13,18H,1-11,16H2,(H,17,19)/t12-,13-/m0/s1. The number of carbonyl (C=O) groups excluding carboxylic acids is 1. The summed E-state index contributed by atoms with van der Waals surface area (Å²) in [5.41, 5.74) is 5.54. The monoisotopic (exact) mass is 268 g/mol. The van der Waals surface area contributed by atoms with E-state index in [1.165, 1.54) is 12.8 Å². The van der Waals surface area contributed by atoms with Crippen LogP contribution in [0.25, 0.3) is 0 Å². The molecule has 1 amide bonds. The van der Waals surface area contributed by atoms with Gasteiger partial charge in [-0.1, -0.05) is 38.5 Å². The molecule has 2 rings (SSSR count). The first kappa shape index (κ1) is 14.8. The number of hydrogen-bond acceptors (Lipinski definition) is 3. The Labute approximate surface area is 116 Å². The van der Waals surface area contributed by atoms with Gasteiger partial charge in [-0.25, -0.2) is 0 Å². The molecule has 0 aromatic carbocycles. The third-order valence-corrected chi connectivity index (χ3v) is 4.98. The molecular weight excluding hydrogens is 240 g/mol. The second-order valence-electron chi connectivity index (χ2n) is 6.33. The van der Waals surface area contributed by atoms with Crippen molar-refractivity contribution in [3.8, 4) is 0 Å². The molecule has 110 valence electrons. The molecule has 2 aliphatic rings. The number of amides is 1. The van der Waals surface area contributed by atoms with Crippen molar-refractivity contribution in [3.63, 3.8) is 0 Å². The van der Waals surface area contributed by atoms with Crippen LogP contribution in [0.3, 0.4) is 0 Å². The van der Waals surface area contributed by atoms with Gasteiger partial charge in [-0.05, 0) is 25.7 Å². The molecule has 2 atom stereocenters. The van der Waals surface area contributed by atoms with E-state index in [2.05, 4.69) is 5.32 Å². The fourth-order valence-electron chi connectivity index (χ4n) is 3.53. The van der Waals surface area contributed by atoms with Crippen molar-refractivity contribution in [2.45, 2.75) is 76.4 Å². The maximum absolute atomic E-state index is 12.6. The van der Waals surface area contributed by atoms with E-state index in [9.17, 15) is 9.90 Å². The summed E-state index contributed by atoms with van der Waals surface area (Å²) in [6.07, 6.45) is 9.90. The summed E-state index contributed by atoms with van der Waals surface area (Å²) in [6, 6.07) is -0.0621. The van der Waals surface area contributed by atoms with Crippen LogP contribution in [0.15, 0.2) is 0 Å². The minimum absolute atomic E-state index is 0.0621. The highest BCUT2D eigenvalue weighted by molar-refractivity contribution is 5.83. The summed E-state index contributed by atoms with van der Waals surface area (Å²) in [5, 5.41) is 13.1. The molecule has 0 bridgehead atoms. The zero-order valence-corrected chi connectivity index (χ0v) is 11.9. The summed E-state index contributed by atoms with van der Waals surface area (Å²) in [7, 11) is 0. The molecule has 0 spiro atoms. The molecule has 4 nitrogen and oxygen atoms in total. The minimum Gasteiger partial charge on any atom is -0.391 e. The average Bonchev–Trinajstić information content (AvgIpc) is 2.67. The van der Waals surface area contributed by atoms with E-state index in [0.29, 0.717) is 6.54 Å². The lowest BCUT2D eigenvalue weighted by Crippen LogP contribution is -2.53. The predicted octanol–water partition coefficient (Wildman–Crippen LogP) is 1.71. The van der Waals surface area contributed by atoms with Gasteiger partial charge in [0.15, 0.2) is 0 Å². The van der Waals surface area contributed by atoms with Gasteiger partial charge in [0.05, 0.1) is 17.6 Å². The smallest absolute Gasteiger partial charge is 0.227 e. The Kier molecular flexibility index (Phi) is 5.22. The quantitative estimate of drug-likeness (QED) is 0.682. The van der Waals surface area contributed by atoms with Crippen molar-refractivity contribution in [2.75, 3.05) is 6.54 Å². The van der Waals surface area contributed by atoms with Crippen LogP contribution in [0.4, 0.5) is 0 Å². The maximum Gasteiger partial charge on any atom is 0.227 e. The number of aliphatic hydroxyl groups excluding tert-OH is 1. The Morgan fingerprint density at radius 2 is 1.74 bits per heavy atom. The largest absolute Gasteiger partial charge is 0.391 e. The highest BCUT2D eigenvalue weighted by Gasteiger charge is 2.39. The molecule has 0 unspecified atom stereocenters. The first-order valence-electron chi connectivity index (χ1n) is 7.87. The molecule has 0 radical (unpaired) electrons. The van der Waals surface area contributed by atoms with Gasteiger partial charge in [0.2, 0.25) is 5.91 Å². The van der Waals surface area contributed by atoms with Crippen molar-refractivity contribution in [3.05, 3.63) is 0 Å². The number of aliphatic hydroxyl groups is 1. The van der Waals surface area contributed by atoms with Crippen LogP contribution in [0.2, 0.25) is 0 Å². The molecule has 0 aromatic rings. The van der Waals surface area contributed by atoms with Gasteiger partial charge >= 0.3 is 0 Å². The second-order valence-corrected chi connectivity index (χ2v) is 6.33. The number of rotatable bonds is 3. The Balaban J connectivity index is 1.99. The van der Waals surface area contributed by atoms with E-state index < -0.39 is 0 Å². The molecule has 2 saturated carbocycles. The molecule has 0 heterocycles. The SMILES string of the molecule is NCC1(C(=O)N[C@H]2CCCC[C@@H]2O)CCCCCC1. The van der Waals surface area contributed by atoms with Crippen LogP contribution in [-0.2, 0) is 4.79 Å². The van der Waals surface area contributed by atoms with Gasteiger partial charge in [0, 0.05) is 6.54 Å². The van der Waals surface area contributed by atoms with Crippen LogP contribution in [0, 0.1) is 5.41 Å². The zero-order chi connectivity index (χ0) is 13.7. The Hall–Kier alpha value is -0.610. The summed E-state index contributed by atoms with van der Waals surface area (Å²) in [6.45, 7) is 0.432. The zero-order valence-electron chi connectivity index (χ0n) is 11.9. The number of nitrogens with two attached hydrogens (primary N) is 1. The van der Waals surface area contributed by atoms with Gasteiger partial charge in [-0.2, -0.15) is 0 Å².